The number of ketones is 1. The minimum absolute atomic E-state index is 0.000303. The van der Waals surface area contributed by atoms with Crippen LogP contribution in [0.25, 0.3) is 0 Å². The molecular formula is C48H76N4O10. The average Bonchev–Trinajstić information content (AvgIpc) is 3.30. The smallest absolute Gasteiger partial charge is 0.336 e. The summed E-state index contributed by atoms with van der Waals surface area (Å²) in [5.74, 6) is -2.33. The molecule has 14 nitrogen and oxygen atoms in total. The van der Waals surface area contributed by atoms with Gasteiger partial charge in [0.1, 0.15) is 17.5 Å². The molecule has 0 aromatic heterocycles. The van der Waals surface area contributed by atoms with E-state index in [0.29, 0.717) is 18.9 Å². The second-order valence-corrected chi connectivity index (χ2v) is 21.5. The van der Waals surface area contributed by atoms with Crippen LogP contribution in [-0.4, -0.2) is 131 Å². The molecular weight excluding hydrogens is 793 g/mol. The first-order chi connectivity index (χ1) is 29.9. The number of carbonyl (C=O) groups is 2. The largest absolute Gasteiger partial charge is 0.456 e. The number of aliphatic hydroxyl groups excluding tert-OH is 5. The Morgan fingerprint density at radius 2 is 1.73 bits per heavy atom. The molecule has 10 N–H and O–H groups in total. The molecule has 3 saturated carbocycles. The van der Waals surface area contributed by atoms with Crippen molar-refractivity contribution in [3.63, 3.8) is 0 Å². The monoisotopic (exact) mass is 869 g/mol. The van der Waals surface area contributed by atoms with Gasteiger partial charge in [0.25, 0.3) is 0 Å². The van der Waals surface area contributed by atoms with Gasteiger partial charge in [-0.2, -0.15) is 0 Å². The summed E-state index contributed by atoms with van der Waals surface area (Å²) >= 11 is 0. The molecule has 0 aromatic carbocycles. The lowest BCUT2D eigenvalue weighted by Crippen LogP contribution is -2.72. The highest BCUT2D eigenvalue weighted by molar-refractivity contribution is 5.88. The Kier molecular flexibility index (Phi) is 13.5. The third kappa shape index (κ3) is 8.11. The molecule has 9 aliphatic rings. The Hall–Kier alpha value is -1.82. The van der Waals surface area contributed by atoms with Crippen molar-refractivity contribution in [1.29, 1.82) is 0 Å². The summed E-state index contributed by atoms with van der Waals surface area (Å²) in [6.07, 6.45) is 9.06. The molecule has 6 aliphatic heterocycles. The van der Waals surface area contributed by atoms with E-state index in [0.717, 1.165) is 57.9 Å². The number of hydrogen-bond donors (Lipinski definition) is 9. The summed E-state index contributed by atoms with van der Waals surface area (Å²) in [4.78, 5) is 28.4. The Labute approximate surface area is 367 Å². The molecule has 19 unspecified atom stereocenters. The van der Waals surface area contributed by atoms with Gasteiger partial charge in [0.05, 0.1) is 67.6 Å². The molecule has 8 fully saturated rings. The maximum atomic E-state index is 14.4. The van der Waals surface area contributed by atoms with Gasteiger partial charge in [-0.15, -0.1) is 0 Å². The number of ether oxygens (including phenoxy) is 3. The summed E-state index contributed by atoms with van der Waals surface area (Å²) in [7, 11) is 0. The molecule has 6 heterocycles. The molecule has 0 aromatic rings. The molecule has 4 bridgehead atoms. The van der Waals surface area contributed by atoms with Crippen LogP contribution in [0, 0.1) is 76.9 Å². The summed E-state index contributed by atoms with van der Waals surface area (Å²) < 4.78 is 21.3. The highest BCUT2D eigenvalue weighted by atomic mass is 16.6. The molecule has 14 heteroatoms. The third-order valence-corrected chi connectivity index (χ3v) is 18.4. The number of rotatable bonds is 7. The van der Waals surface area contributed by atoms with Gasteiger partial charge in [-0.25, -0.2) is 4.79 Å². The fraction of sp³-hybridized carbons (Fsp3) is 0.875. The third-order valence-electron chi connectivity index (χ3n) is 18.4. The summed E-state index contributed by atoms with van der Waals surface area (Å²) in [6, 6.07) is 0.290. The van der Waals surface area contributed by atoms with E-state index in [2.05, 4.69) is 41.9 Å². The number of esters is 1. The van der Waals surface area contributed by atoms with Crippen molar-refractivity contribution < 1.29 is 49.3 Å². The van der Waals surface area contributed by atoms with Gasteiger partial charge in [0.15, 0.2) is 0 Å². The highest BCUT2D eigenvalue weighted by Crippen LogP contribution is 2.61. The maximum absolute atomic E-state index is 14.4. The Bertz CT molecular complexity index is 1680. The van der Waals surface area contributed by atoms with Crippen LogP contribution in [-0.2, 0) is 23.8 Å². The highest BCUT2D eigenvalue weighted by Gasteiger charge is 2.67. The van der Waals surface area contributed by atoms with Crippen molar-refractivity contribution in [2.45, 2.75) is 152 Å². The number of fused-ring (bicyclic) bond motifs is 6. The van der Waals surface area contributed by atoms with Gasteiger partial charge >= 0.3 is 5.97 Å². The van der Waals surface area contributed by atoms with E-state index >= 15 is 0 Å². The van der Waals surface area contributed by atoms with Crippen molar-refractivity contribution in [3.8, 4) is 0 Å². The topological polar surface area (TPSA) is 225 Å². The number of aliphatic hydroxyl groups is 5. The first-order valence-corrected chi connectivity index (χ1v) is 24.4. The fourth-order valence-corrected chi connectivity index (χ4v) is 15.5. The number of Topliss-reactive ketones (excluding diaryl/α,β-unsaturated/α-hetero) is 1. The molecule has 5 saturated heterocycles. The molecule has 62 heavy (non-hydrogen) atoms. The number of allylic oxidation sites excluding steroid dienone is 1. The fourth-order valence-electron chi connectivity index (χ4n) is 15.5. The van der Waals surface area contributed by atoms with Crippen molar-refractivity contribution in [1.82, 2.24) is 16.0 Å². The van der Waals surface area contributed by atoms with Gasteiger partial charge in [0.2, 0.25) is 0 Å². The van der Waals surface area contributed by atoms with Crippen molar-refractivity contribution in [2.75, 3.05) is 32.9 Å². The zero-order valence-corrected chi connectivity index (χ0v) is 37.1. The summed E-state index contributed by atoms with van der Waals surface area (Å²) in [5.41, 5.74) is 6.44. The number of hydrogen-bond acceptors (Lipinski definition) is 14. The van der Waals surface area contributed by atoms with Gasteiger partial charge in [-0.3, -0.25) is 10.1 Å². The number of piperidine rings is 2. The van der Waals surface area contributed by atoms with Crippen LogP contribution in [0.5, 0.6) is 0 Å². The van der Waals surface area contributed by atoms with Gasteiger partial charge < -0.3 is 56.1 Å². The predicted octanol–water partition coefficient (Wildman–Crippen LogP) is 1.76. The lowest BCUT2D eigenvalue weighted by molar-refractivity contribution is -0.311. The van der Waals surface area contributed by atoms with Crippen molar-refractivity contribution in [2.24, 2.45) is 82.7 Å². The van der Waals surface area contributed by atoms with E-state index in [-0.39, 0.29) is 109 Å². The summed E-state index contributed by atoms with van der Waals surface area (Å²) in [5, 5.41) is 67.8. The molecule has 0 amide bonds. The van der Waals surface area contributed by atoms with E-state index in [1.54, 1.807) is 13.0 Å². The first kappa shape index (κ1) is 45.3. The van der Waals surface area contributed by atoms with Crippen LogP contribution in [0.4, 0.5) is 0 Å². The molecule has 0 radical (unpaired) electrons. The van der Waals surface area contributed by atoms with Gasteiger partial charge in [-0.1, -0.05) is 18.2 Å². The SMILES string of the molecule is CC=C(CO)C(=O)O[C@H]1CC2C(O)C3C(=O)CC(CO)OC3C3C2O[C@@]1(C)[C@H](CC1CNC2N[C@H](C)C=CC2C1)CC1CCC2CCC(O)CC2C(CO)C3C2CCNC(N)C12. The van der Waals surface area contributed by atoms with Crippen LogP contribution in [0.3, 0.4) is 0 Å². The van der Waals surface area contributed by atoms with E-state index in [9.17, 15) is 35.1 Å². The first-order valence-electron chi connectivity index (χ1n) is 24.4. The second-order valence-electron chi connectivity index (χ2n) is 21.5. The lowest BCUT2D eigenvalue weighted by atomic mass is 9.50. The number of nitrogens with two attached hydrogens (primary N) is 1. The second kappa shape index (κ2) is 18.5. The number of nitrogens with one attached hydrogen (secondary N) is 3. The number of carbonyl (C=O) groups excluding carboxylic acids is 2. The lowest BCUT2D eigenvalue weighted by Gasteiger charge is -2.63. The Balaban J connectivity index is 1.23. The van der Waals surface area contributed by atoms with Gasteiger partial charge in [-0.05, 0) is 151 Å². The minimum Gasteiger partial charge on any atom is -0.456 e. The van der Waals surface area contributed by atoms with E-state index in [1.807, 2.05) is 0 Å². The molecule has 0 spiro atoms. The van der Waals surface area contributed by atoms with Crippen LogP contribution >= 0.6 is 0 Å². The van der Waals surface area contributed by atoms with Crippen molar-refractivity contribution in [3.05, 3.63) is 23.8 Å². The summed E-state index contributed by atoms with van der Waals surface area (Å²) in [6.45, 7) is 6.58. The van der Waals surface area contributed by atoms with Gasteiger partial charge in [0, 0.05) is 36.8 Å². The quantitative estimate of drug-likeness (QED) is 0.101. The van der Waals surface area contributed by atoms with Crippen LogP contribution in [0.2, 0.25) is 0 Å². The normalized spacial score (nSPS) is 51.6. The maximum Gasteiger partial charge on any atom is 0.336 e. The zero-order valence-electron chi connectivity index (χ0n) is 37.1. The Morgan fingerprint density at radius 3 is 2.48 bits per heavy atom. The van der Waals surface area contributed by atoms with E-state index < -0.39 is 72.6 Å². The Morgan fingerprint density at radius 1 is 0.935 bits per heavy atom. The molecule has 348 valence electrons. The minimum atomic E-state index is -1.17. The van der Waals surface area contributed by atoms with E-state index in [1.165, 1.54) is 0 Å². The predicted molar refractivity (Wildman–Crippen MR) is 230 cm³/mol. The van der Waals surface area contributed by atoms with Crippen molar-refractivity contribution >= 4 is 11.8 Å². The molecule has 3 aliphatic carbocycles. The van der Waals surface area contributed by atoms with E-state index in [4.69, 9.17) is 19.9 Å². The van der Waals surface area contributed by atoms with Crippen LogP contribution in [0.1, 0.15) is 91.4 Å². The van der Waals surface area contributed by atoms with Crippen LogP contribution in [0.15, 0.2) is 23.8 Å². The average molecular weight is 869 g/mol. The standard InChI is InChI=1S/C48H76N4O10/c1-4-25(20-53)47(59)61-37-18-34-42(58)40-36(57)17-31(21-54)60-44(40)41-39-32-11-12-50-45(49)38(32)27(8-7-26-9-10-30(56)16-33(26)35(39)22-55)15-29(48(37,3)62-43(34)41)14-24-13-28-6-5-23(2)52-46(28)51-19-24/h4-6,23-24,26-35,37-46,50-56,58H,7-22,49H2,1-3H3/t23-,24?,26?,27?,28?,29-,30?,31?,32?,33?,34?,35?,37+,38?,39?,40?,41?,42?,43?,44?,45?,46?,48+/m1/s1. The zero-order chi connectivity index (χ0) is 43.6. The molecule has 23 atom stereocenters. The molecule has 9 rings (SSSR count). The van der Waals surface area contributed by atoms with Crippen LogP contribution < -0.4 is 21.7 Å².